The monoisotopic (exact) mass is 259 g/mol. The molecule has 2 aliphatic heterocycles. The minimum atomic E-state index is 0.0862. The van der Waals surface area contributed by atoms with E-state index in [2.05, 4.69) is 16.8 Å². The quantitative estimate of drug-likeness (QED) is 0.827. The number of likely N-dealkylation sites (tertiary alicyclic amines) is 2. The molecule has 4 nitrogen and oxygen atoms in total. The van der Waals surface area contributed by atoms with Gasteiger partial charge >= 0.3 is 0 Å². The fraction of sp³-hybridized carbons (Fsp3) is 0.600. The lowest BCUT2D eigenvalue weighted by Crippen LogP contribution is -2.45. The van der Waals surface area contributed by atoms with E-state index < -0.39 is 0 Å². The van der Waals surface area contributed by atoms with Gasteiger partial charge in [0.15, 0.2) is 0 Å². The molecule has 0 spiro atoms. The van der Waals surface area contributed by atoms with Crippen LogP contribution in [0.5, 0.6) is 0 Å². The lowest BCUT2D eigenvalue weighted by atomic mass is 9.97. The first-order valence-corrected chi connectivity index (χ1v) is 7.24. The molecule has 3 rings (SSSR count). The van der Waals surface area contributed by atoms with E-state index in [0.717, 1.165) is 37.7 Å². The summed E-state index contributed by atoms with van der Waals surface area (Å²) < 4.78 is 0. The highest BCUT2D eigenvalue weighted by Crippen LogP contribution is 2.20. The molecule has 102 valence electrons. The van der Waals surface area contributed by atoms with Crippen molar-refractivity contribution in [3.63, 3.8) is 0 Å². The average Bonchev–Trinajstić information content (AvgIpc) is 2.31. The van der Waals surface area contributed by atoms with E-state index >= 15 is 0 Å². The fourth-order valence-corrected chi connectivity index (χ4v) is 2.66. The largest absolute Gasteiger partial charge is 0.337 e. The summed E-state index contributed by atoms with van der Waals surface area (Å²) in [6, 6.07) is 5.80. The van der Waals surface area contributed by atoms with E-state index in [-0.39, 0.29) is 5.91 Å². The van der Waals surface area contributed by atoms with Crippen LogP contribution in [0.4, 0.5) is 0 Å². The maximum atomic E-state index is 12.1. The fourth-order valence-electron chi connectivity index (χ4n) is 2.66. The van der Waals surface area contributed by atoms with Crippen molar-refractivity contribution in [3.05, 3.63) is 29.6 Å². The van der Waals surface area contributed by atoms with Crippen LogP contribution >= 0.6 is 0 Å². The zero-order valence-electron chi connectivity index (χ0n) is 11.5. The molecule has 2 aliphatic rings. The van der Waals surface area contributed by atoms with Crippen molar-refractivity contribution in [1.29, 1.82) is 0 Å². The Hall–Kier alpha value is -1.42. The number of carbonyl (C=O) groups is 1. The van der Waals surface area contributed by atoms with Crippen molar-refractivity contribution in [2.45, 2.75) is 26.3 Å². The number of aromatic nitrogens is 1. The smallest absolute Gasteiger partial charge is 0.272 e. The van der Waals surface area contributed by atoms with E-state index in [4.69, 9.17) is 0 Å². The summed E-state index contributed by atoms with van der Waals surface area (Å²) in [7, 11) is 0. The molecule has 0 saturated carbocycles. The van der Waals surface area contributed by atoms with Crippen LogP contribution in [-0.4, -0.2) is 46.9 Å². The predicted molar refractivity (Wildman–Crippen MR) is 73.8 cm³/mol. The minimum absolute atomic E-state index is 0.0862. The molecule has 2 saturated heterocycles. The number of nitrogens with zero attached hydrogens (tertiary/aromatic N) is 3. The van der Waals surface area contributed by atoms with Crippen LogP contribution in [-0.2, 0) is 6.54 Å². The van der Waals surface area contributed by atoms with Crippen LogP contribution in [0.1, 0.15) is 35.9 Å². The first-order chi connectivity index (χ1) is 9.26. The first kappa shape index (κ1) is 12.6. The van der Waals surface area contributed by atoms with E-state index in [0.29, 0.717) is 5.69 Å². The van der Waals surface area contributed by atoms with Gasteiger partial charge in [0.2, 0.25) is 0 Å². The first-order valence-electron chi connectivity index (χ1n) is 7.24. The summed E-state index contributed by atoms with van der Waals surface area (Å²) in [6.45, 7) is 7.22. The molecule has 0 radical (unpaired) electrons. The van der Waals surface area contributed by atoms with Gasteiger partial charge in [0.05, 0.1) is 5.69 Å². The molecular formula is C15H21N3O. The zero-order chi connectivity index (χ0) is 13.2. The highest BCUT2D eigenvalue weighted by molar-refractivity contribution is 5.92. The third-order valence-electron chi connectivity index (χ3n) is 4.16. The number of rotatable bonds is 4. The average molecular weight is 259 g/mol. The number of hydrogen-bond acceptors (Lipinski definition) is 3. The van der Waals surface area contributed by atoms with Crippen molar-refractivity contribution in [2.75, 3.05) is 26.2 Å². The van der Waals surface area contributed by atoms with Gasteiger partial charge in [-0.1, -0.05) is 19.4 Å². The van der Waals surface area contributed by atoms with Gasteiger partial charge in [-0.3, -0.25) is 9.69 Å². The molecule has 0 N–H and O–H groups in total. The second kappa shape index (κ2) is 5.29. The summed E-state index contributed by atoms with van der Waals surface area (Å²) in [5, 5.41) is 0. The molecule has 3 heterocycles. The Balaban J connectivity index is 1.61. The molecule has 0 unspecified atom stereocenters. The Labute approximate surface area is 114 Å². The van der Waals surface area contributed by atoms with Gasteiger partial charge in [-0.2, -0.15) is 0 Å². The lowest BCUT2D eigenvalue weighted by Gasteiger charge is -2.38. The minimum Gasteiger partial charge on any atom is -0.337 e. The van der Waals surface area contributed by atoms with Gasteiger partial charge < -0.3 is 4.90 Å². The molecule has 19 heavy (non-hydrogen) atoms. The molecule has 0 bridgehead atoms. The van der Waals surface area contributed by atoms with Crippen LogP contribution in [0.2, 0.25) is 0 Å². The Morgan fingerprint density at radius 3 is 2.79 bits per heavy atom. The molecular weight excluding hydrogens is 238 g/mol. The van der Waals surface area contributed by atoms with Crippen molar-refractivity contribution < 1.29 is 4.79 Å². The van der Waals surface area contributed by atoms with Gasteiger partial charge in [0, 0.05) is 32.7 Å². The summed E-state index contributed by atoms with van der Waals surface area (Å²) >= 11 is 0. The van der Waals surface area contributed by atoms with E-state index in [9.17, 15) is 4.79 Å². The summed E-state index contributed by atoms with van der Waals surface area (Å²) in [6.07, 6.45) is 2.38. The predicted octanol–water partition coefficient (Wildman–Crippen LogP) is 1.77. The Bertz CT molecular complexity index is 464. The van der Waals surface area contributed by atoms with Gasteiger partial charge in [-0.05, 0) is 24.5 Å². The third-order valence-corrected chi connectivity index (χ3v) is 4.16. The molecule has 4 heteroatoms. The Kier molecular flexibility index (Phi) is 3.51. The summed E-state index contributed by atoms with van der Waals surface area (Å²) in [4.78, 5) is 20.9. The third kappa shape index (κ3) is 2.63. The van der Waals surface area contributed by atoms with Crippen LogP contribution < -0.4 is 0 Å². The summed E-state index contributed by atoms with van der Waals surface area (Å²) in [5.74, 6) is 0.939. The maximum absolute atomic E-state index is 12.1. The van der Waals surface area contributed by atoms with Gasteiger partial charge in [0.1, 0.15) is 5.69 Å². The second-order valence-corrected chi connectivity index (χ2v) is 5.63. The molecule has 2 fully saturated rings. The highest BCUT2D eigenvalue weighted by Gasteiger charge is 2.26. The molecule has 0 aromatic carbocycles. The van der Waals surface area contributed by atoms with E-state index in [1.807, 2.05) is 23.1 Å². The maximum Gasteiger partial charge on any atom is 0.272 e. The summed E-state index contributed by atoms with van der Waals surface area (Å²) in [5.41, 5.74) is 1.62. The Morgan fingerprint density at radius 2 is 2.16 bits per heavy atom. The van der Waals surface area contributed by atoms with Crippen LogP contribution in [0.15, 0.2) is 18.2 Å². The van der Waals surface area contributed by atoms with Crippen molar-refractivity contribution >= 4 is 5.91 Å². The Morgan fingerprint density at radius 1 is 1.37 bits per heavy atom. The van der Waals surface area contributed by atoms with Gasteiger partial charge in [-0.25, -0.2) is 4.98 Å². The standard InChI is InChI=1S/C15H21N3O/c1-2-12-9-17(10-12)11-13-5-3-6-14(16-13)15(19)18-7-4-8-18/h3,5-6,12H,2,4,7-11H2,1H3. The van der Waals surface area contributed by atoms with Crippen LogP contribution in [0, 0.1) is 5.92 Å². The second-order valence-electron chi connectivity index (χ2n) is 5.63. The topological polar surface area (TPSA) is 36.4 Å². The van der Waals surface area contributed by atoms with E-state index in [1.165, 1.54) is 19.5 Å². The lowest BCUT2D eigenvalue weighted by molar-refractivity contribution is 0.0643. The van der Waals surface area contributed by atoms with Gasteiger partial charge in [0.25, 0.3) is 5.91 Å². The van der Waals surface area contributed by atoms with Crippen molar-refractivity contribution in [2.24, 2.45) is 5.92 Å². The highest BCUT2D eigenvalue weighted by atomic mass is 16.2. The number of pyridine rings is 1. The molecule has 0 aliphatic carbocycles. The van der Waals surface area contributed by atoms with Crippen LogP contribution in [0.3, 0.4) is 0 Å². The van der Waals surface area contributed by atoms with Crippen molar-refractivity contribution in [3.8, 4) is 0 Å². The SMILES string of the molecule is CCC1CN(Cc2cccc(C(=O)N3CCC3)n2)C1. The van der Waals surface area contributed by atoms with Crippen LogP contribution in [0.25, 0.3) is 0 Å². The molecule has 1 aromatic rings. The number of hydrogen-bond donors (Lipinski definition) is 0. The van der Waals surface area contributed by atoms with E-state index in [1.54, 1.807) is 0 Å². The number of amides is 1. The van der Waals surface area contributed by atoms with Gasteiger partial charge in [-0.15, -0.1) is 0 Å². The molecule has 1 amide bonds. The number of carbonyl (C=O) groups excluding carboxylic acids is 1. The van der Waals surface area contributed by atoms with Crippen molar-refractivity contribution in [1.82, 2.24) is 14.8 Å². The molecule has 1 aromatic heterocycles. The normalized spacial score (nSPS) is 19.9. The molecule has 0 atom stereocenters. The zero-order valence-corrected chi connectivity index (χ0v) is 11.5.